The third-order valence-corrected chi connectivity index (χ3v) is 9.39. The van der Waals surface area contributed by atoms with Gasteiger partial charge in [-0.1, -0.05) is 18.2 Å². The number of piperidine rings is 1. The second kappa shape index (κ2) is 10.8. The molecule has 2 aliphatic rings. The van der Waals surface area contributed by atoms with E-state index >= 15 is 0 Å². The quantitative estimate of drug-likeness (QED) is 0.264. The predicted molar refractivity (Wildman–Crippen MR) is 164 cm³/mol. The van der Waals surface area contributed by atoms with E-state index in [4.69, 9.17) is 4.74 Å². The predicted octanol–water partition coefficient (Wildman–Crippen LogP) is 6.86. The van der Waals surface area contributed by atoms with Crippen LogP contribution in [0.1, 0.15) is 67.9 Å². The molecule has 1 saturated carbocycles. The van der Waals surface area contributed by atoms with Crippen molar-refractivity contribution in [1.29, 1.82) is 0 Å². The Morgan fingerprint density at radius 3 is 2.63 bits per heavy atom. The van der Waals surface area contributed by atoms with Gasteiger partial charge in [0.15, 0.2) is 0 Å². The molecule has 1 atom stereocenters. The molecule has 2 aromatic heterocycles. The molecule has 2 fully saturated rings. The number of amides is 2. The van der Waals surface area contributed by atoms with Crippen molar-refractivity contribution in [2.45, 2.75) is 78.2 Å². The molecule has 2 aromatic carbocycles. The third kappa shape index (κ3) is 5.72. The Labute approximate surface area is 245 Å². The zero-order valence-corrected chi connectivity index (χ0v) is 25.1. The number of carbonyl (C=O) groups is 2. The van der Waals surface area contributed by atoms with Gasteiger partial charge in [-0.25, -0.2) is 4.79 Å². The van der Waals surface area contributed by atoms with Crippen molar-refractivity contribution in [3.8, 4) is 10.6 Å². The number of aliphatic hydroxyl groups is 1. The van der Waals surface area contributed by atoms with Gasteiger partial charge in [0.25, 0.3) is 5.91 Å². The number of fused-ring (bicyclic) bond motifs is 2. The lowest BCUT2D eigenvalue weighted by Crippen LogP contribution is -2.47. The number of nitrogens with one attached hydrogen (secondary N) is 1. The Kier molecular flexibility index (Phi) is 7.32. The monoisotopic (exact) mass is 573 g/mol. The van der Waals surface area contributed by atoms with Crippen molar-refractivity contribution >= 4 is 44.3 Å². The Bertz CT molecular complexity index is 1620. The van der Waals surface area contributed by atoms with Crippen molar-refractivity contribution in [3.05, 3.63) is 59.2 Å². The molecular formula is C33H39N3O4S. The molecule has 1 saturated heterocycles. The highest BCUT2D eigenvalue weighted by Gasteiger charge is 2.29. The third-order valence-electron chi connectivity index (χ3n) is 8.13. The highest BCUT2D eigenvalue weighted by molar-refractivity contribution is 7.22. The van der Waals surface area contributed by atoms with Crippen LogP contribution in [-0.2, 0) is 17.9 Å². The summed E-state index contributed by atoms with van der Waals surface area (Å²) in [5, 5.41) is 15.5. The number of nitrogens with zero attached hydrogens (tertiary/aromatic N) is 2. The van der Waals surface area contributed by atoms with Crippen LogP contribution >= 0.6 is 11.3 Å². The van der Waals surface area contributed by atoms with Crippen LogP contribution in [0.4, 0.5) is 4.79 Å². The molecule has 2 amide bonds. The van der Waals surface area contributed by atoms with Crippen LogP contribution < -0.4 is 5.32 Å². The Balaban J connectivity index is 1.31. The van der Waals surface area contributed by atoms with E-state index < -0.39 is 6.09 Å². The fraction of sp³-hybridized carbons (Fsp3) is 0.455. The normalized spacial score (nSPS) is 17.8. The first-order valence-electron chi connectivity index (χ1n) is 14.6. The van der Waals surface area contributed by atoms with Gasteiger partial charge in [-0.15, -0.1) is 11.3 Å². The number of thiophene rings is 1. The summed E-state index contributed by atoms with van der Waals surface area (Å²) in [7, 11) is 0. The Morgan fingerprint density at radius 2 is 1.90 bits per heavy atom. The van der Waals surface area contributed by atoms with Crippen molar-refractivity contribution in [2.24, 2.45) is 5.92 Å². The molecule has 0 spiro atoms. The maximum absolute atomic E-state index is 13.7. The van der Waals surface area contributed by atoms with Crippen LogP contribution in [-0.4, -0.2) is 51.3 Å². The second-order valence-corrected chi connectivity index (χ2v) is 13.7. The number of ether oxygens (including phenoxy) is 1. The minimum absolute atomic E-state index is 0.0958. The minimum atomic E-state index is -0.457. The molecule has 41 heavy (non-hydrogen) atoms. The molecule has 0 bridgehead atoms. The topological polar surface area (TPSA) is 83.8 Å². The molecule has 216 valence electrons. The van der Waals surface area contributed by atoms with Gasteiger partial charge in [0.2, 0.25) is 0 Å². The average Bonchev–Trinajstić information content (AvgIpc) is 3.60. The maximum Gasteiger partial charge on any atom is 0.407 e. The number of aryl methyl sites for hydroxylation is 1. The van der Waals surface area contributed by atoms with E-state index in [-0.39, 0.29) is 24.2 Å². The number of hydrogen-bond acceptors (Lipinski definition) is 5. The highest BCUT2D eigenvalue weighted by Crippen LogP contribution is 2.43. The summed E-state index contributed by atoms with van der Waals surface area (Å²) >= 11 is 1.70. The highest BCUT2D eigenvalue weighted by atomic mass is 32.1. The van der Waals surface area contributed by atoms with E-state index in [0.717, 1.165) is 46.5 Å². The van der Waals surface area contributed by atoms with E-state index in [0.29, 0.717) is 18.7 Å². The summed E-state index contributed by atoms with van der Waals surface area (Å²) in [5.74, 6) is 0.634. The van der Waals surface area contributed by atoms with Crippen molar-refractivity contribution < 1.29 is 19.4 Å². The van der Waals surface area contributed by atoms with Crippen LogP contribution in [0.3, 0.4) is 0 Å². The molecule has 0 unspecified atom stereocenters. The van der Waals surface area contributed by atoms with E-state index in [1.54, 1.807) is 16.2 Å². The summed E-state index contributed by atoms with van der Waals surface area (Å²) in [6.07, 6.45) is 3.25. The van der Waals surface area contributed by atoms with Gasteiger partial charge in [0.05, 0.1) is 23.7 Å². The fourth-order valence-electron chi connectivity index (χ4n) is 6.01. The molecule has 2 N–H and O–H groups in total. The number of alkyl carbamates (subject to hydrolysis) is 1. The summed E-state index contributed by atoms with van der Waals surface area (Å²) in [5.41, 5.74) is 4.55. The molecule has 1 aliphatic carbocycles. The first-order chi connectivity index (χ1) is 19.6. The lowest BCUT2D eigenvalue weighted by Gasteiger charge is -2.33. The van der Waals surface area contributed by atoms with E-state index in [9.17, 15) is 14.7 Å². The number of rotatable bonds is 6. The van der Waals surface area contributed by atoms with E-state index in [2.05, 4.69) is 47.1 Å². The van der Waals surface area contributed by atoms with Crippen LogP contribution in [0.5, 0.6) is 0 Å². The van der Waals surface area contributed by atoms with Crippen LogP contribution in [0.25, 0.3) is 31.6 Å². The van der Waals surface area contributed by atoms with Gasteiger partial charge in [-0.05, 0) is 94.7 Å². The van der Waals surface area contributed by atoms with Gasteiger partial charge < -0.3 is 24.6 Å². The first kappa shape index (κ1) is 27.8. The standard InChI is InChI=1S/C33H39N3O4S/c1-20-29-24(19-37)14-23(31(38)35-13-7-9-25(18-35)40-32(39)34-33(2,3)4)16-28(29)41-30(20)27-15-22-8-5-6-10-26(22)36(27)17-21-11-12-21/h5-6,8,10,14-16,21,25,37H,7,9,11-13,17-19H2,1-4H3,(H,34,39)/t25-/m1/s1. The van der Waals surface area contributed by atoms with Crippen molar-refractivity contribution in [2.75, 3.05) is 13.1 Å². The first-order valence-corrected chi connectivity index (χ1v) is 15.5. The minimum Gasteiger partial charge on any atom is -0.444 e. The lowest BCUT2D eigenvalue weighted by molar-refractivity contribution is 0.0322. The molecular weight excluding hydrogens is 534 g/mol. The SMILES string of the molecule is Cc1c(-c2cc3ccccc3n2CC2CC2)sc2cc(C(=O)N3CCC[C@@H](OC(=O)NC(C)(C)C)C3)cc(CO)c12. The summed E-state index contributed by atoms with van der Waals surface area (Å²) in [4.78, 5) is 29.0. The zero-order valence-electron chi connectivity index (χ0n) is 24.3. The van der Waals surface area contributed by atoms with E-state index in [1.165, 1.54) is 34.3 Å². The number of hydrogen-bond donors (Lipinski definition) is 2. The van der Waals surface area contributed by atoms with Crippen LogP contribution in [0.15, 0.2) is 42.5 Å². The van der Waals surface area contributed by atoms with Gasteiger partial charge in [-0.2, -0.15) is 0 Å². The Morgan fingerprint density at radius 1 is 1.12 bits per heavy atom. The van der Waals surface area contributed by atoms with Crippen molar-refractivity contribution in [1.82, 2.24) is 14.8 Å². The number of benzene rings is 2. The Hall–Kier alpha value is -3.36. The maximum atomic E-state index is 13.7. The number of aromatic nitrogens is 1. The zero-order chi connectivity index (χ0) is 28.9. The molecule has 8 heteroatoms. The van der Waals surface area contributed by atoms with Crippen LogP contribution in [0.2, 0.25) is 0 Å². The van der Waals surface area contributed by atoms with Crippen molar-refractivity contribution in [3.63, 3.8) is 0 Å². The summed E-state index contributed by atoms with van der Waals surface area (Å²) in [6, 6.07) is 14.6. The largest absolute Gasteiger partial charge is 0.444 e. The number of para-hydroxylation sites is 1. The number of likely N-dealkylation sites (tertiary alicyclic amines) is 1. The van der Waals surface area contributed by atoms with E-state index in [1.807, 2.05) is 32.9 Å². The number of carbonyl (C=O) groups excluding carboxylic acids is 2. The smallest absolute Gasteiger partial charge is 0.407 e. The molecule has 3 heterocycles. The molecule has 6 rings (SSSR count). The summed E-state index contributed by atoms with van der Waals surface area (Å²) < 4.78 is 9.11. The van der Waals surface area contributed by atoms with Gasteiger partial charge >= 0.3 is 6.09 Å². The van der Waals surface area contributed by atoms with Crippen LogP contribution in [0, 0.1) is 12.8 Å². The molecule has 4 aromatic rings. The van der Waals surface area contributed by atoms with Gasteiger partial charge in [0, 0.05) is 45.2 Å². The van der Waals surface area contributed by atoms with Gasteiger partial charge in [0.1, 0.15) is 6.10 Å². The molecule has 0 radical (unpaired) electrons. The molecule has 7 nitrogen and oxygen atoms in total. The average molecular weight is 574 g/mol. The van der Waals surface area contributed by atoms with Gasteiger partial charge in [-0.3, -0.25) is 4.79 Å². The second-order valence-electron chi connectivity index (χ2n) is 12.7. The molecule has 1 aliphatic heterocycles. The lowest BCUT2D eigenvalue weighted by atomic mass is 10.0. The summed E-state index contributed by atoms with van der Waals surface area (Å²) in [6.45, 7) is 9.69. The number of aliphatic hydroxyl groups excluding tert-OH is 1. The fourth-order valence-corrected chi connectivity index (χ4v) is 7.34.